The Morgan fingerprint density at radius 3 is 1.78 bits per heavy atom. The largest absolute Gasteiger partial charge is 0.407 e. The van der Waals surface area contributed by atoms with Crippen molar-refractivity contribution in [2.75, 3.05) is 13.2 Å². The molecule has 32 heavy (non-hydrogen) atoms. The summed E-state index contributed by atoms with van der Waals surface area (Å²) in [6, 6.07) is 31.4. The predicted octanol–water partition coefficient (Wildman–Crippen LogP) is 4.92. The molecule has 0 heterocycles. The maximum Gasteiger partial charge on any atom is 0.261 e. The van der Waals surface area contributed by atoms with Crippen LogP contribution in [0.3, 0.4) is 0 Å². The van der Waals surface area contributed by atoms with E-state index in [0.29, 0.717) is 26.2 Å². The van der Waals surface area contributed by atoms with Crippen LogP contribution in [0.4, 0.5) is 0 Å². The van der Waals surface area contributed by atoms with Crippen LogP contribution in [-0.4, -0.2) is 32.7 Å². The molecule has 170 valence electrons. The first kappa shape index (κ1) is 24.4. The van der Waals surface area contributed by atoms with Gasteiger partial charge in [-0.25, -0.2) is 0 Å². The molecule has 1 N–H and O–H groups in total. The molecule has 0 bridgehead atoms. The zero-order valence-corrected chi connectivity index (χ0v) is 20.5. The van der Waals surface area contributed by atoms with Crippen molar-refractivity contribution in [3.05, 3.63) is 96.6 Å². The quantitative estimate of drug-likeness (QED) is 0.334. The number of hydrogen-bond donors (Lipinski definition) is 1. The normalized spacial score (nSPS) is 13.1. The fourth-order valence-electron chi connectivity index (χ4n) is 4.28. The van der Waals surface area contributed by atoms with E-state index in [2.05, 4.69) is 81.4 Å². The number of aliphatic hydroxyl groups is 1. The maximum absolute atomic E-state index is 10.4. The minimum atomic E-state index is -2.50. The molecule has 3 rings (SSSR count). The molecule has 0 aromatic heterocycles. The van der Waals surface area contributed by atoms with Crippen molar-refractivity contribution in [3.63, 3.8) is 0 Å². The summed E-state index contributed by atoms with van der Waals surface area (Å²) in [5, 5.41) is 12.9. The van der Waals surface area contributed by atoms with Crippen molar-refractivity contribution in [3.8, 4) is 0 Å². The lowest BCUT2D eigenvalue weighted by molar-refractivity contribution is 0.0219. The Morgan fingerprint density at radius 1 is 0.781 bits per heavy atom. The van der Waals surface area contributed by atoms with E-state index in [1.807, 2.05) is 30.3 Å². The highest BCUT2D eigenvalue weighted by Crippen LogP contribution is 2.36. The van der Waals surface area contributed by atoms with Gasteiger partial charge in [-0.2, -0.15) is 0 Å². The van der Waals surface area contributed by atoms with E-state index in [1.165, 1.54) is 10.4 Å². The van der Waals surface area contributed by atoms with Crippen LogP contribution in [0.5, 0.6) is 0 Å². The third kappa shape index (κ3) is 6.17. The molecule has 3 nitrogen and oxygen atoms in total. The molecule has 0 aliphatic heterocycles. The molecule has 0 saturated heterocycles. The summed E-state index contributed by atoms with van der Waals surface area (Å²) in [5.74, 6) is 0. The average Bonchev–Trinajstić information content (AvgIpc) is 2.80. The molecule has 0 spiro atoms. The molecule has 0 aliphatic carbocycles. The predicted molar refractivity (Wildman–Crippen MR) is 135 cm³/mol. The zero-order valence-electron chi connectivity index (χ0n) is 19.5. The van der Waals surface area contributed by atoms with E-state index < -0.39 is 14.4 Å². The summed E-state index contributed by atoms with van der Waals surface area (Å²) in [4.78, 5) is 0. The molecule has 1 atom stereocenters. The van der Waals surface area contributed by atoms with Crippen molar-refractivity contribution in [1.29, 1.82) is 0 Å². The maximum atomic E-state index is 10.4. The van der Waals surface area contributed by atoms with Crippen LogP contribution in [0, 0.1) is 0 Å². The van der Waals surface area contributed by atoms with Gasteiger partial charge in [0.05, 0.1) is 19.3 Å². The molecule has 3 aromatic carbocycles. The summed E-state index contributed by atoms with van der Waals surface area (Å²) in [7, 11) is -2.50. The van der Waals surface area contributed by atoms with Crippen LogP contribution in [0.25, 0.3) is 0 Å². The number of hydrogen-bond acceptors (Lipinski definition) is 3. The van der Waals surface area contributed by atoms with E-state index in [9.17, 15) is 5.11 Å². The second-order valence-electron chi connectivity index (χ2n) is 9.31. The van der Waals surface area contributed by atoms with Crippen LogP contribution in [-0.2, 0) is 15.8 Å². The van der Waals surface area contributed by atoms with E-state index in [4.69, 9.17) is 9.16 Å². The molecule has 4 heteroatoms. The van der Waals surface area contributed by atoms with Gasteiger partial charge >= 0.3 is 0 Å². The number of rotatable bonds is 11. The molecule has 3 aromatic rings. The monoisotopic (exact) mass is 448 g/mol. The topological polar surface area (TPSA) is 38.7 Å². The summed E-state index contributed by atoms with van der Waals surface area (Å²) in [5.41, 5.74) is 1.12. The Labute approximate surface area is 194 Å². The summed E-state index contributed by atoms with van der Waals surface area (Å²) >= 11 is 0. The molecule has 0 unspecified atom stereocenters. The van der Waals surface area contributed by atoms with E-state index in [-0.39, 0.29) is 5.04 Å². The van der Waals surface area contributed by atoms with Crippen LogP contribution in [0.2, 0.25) is 5.04 Å². The van der Waals surface area contributed by atoms with E-state index >= 15 is 0 Å². The van der Waals surface area contributed by atoms with Gasteiger partial charge in [-0.3, -0.25) is 0 Å². The van der Waals surface area contributed by atoms with Crippen LogP contribution >= 0.6 is 0 Å². The molecule has 0 radical (unpaired) electrons. The standard InChI is InChI=1S/C28H36O3Si/c1-28(2,3)32(26-17-9-5-10-18-26,27-19-11-6-12-20-27)31-21-13-16-25(29)23-30-22-24-14-7-4-8-15-24/h4-12,14-15,17-20,25,29H,13,16,21-23H2,1-3H3/t25-/m0/s1. The highest BCUT2D eigenvalue weighted by Gasteiger charge is 2.49. The van der Waals surface area contributed by atoms with Gasteiger partial charge in [0.15, 0.2) is 0 Å². The van der Waals surface area contributed by atoms with Gasteiger partial charge < -0.3 is 14.3 Å². The fourth-order valence-corrected chi connectivity index (χ4v) is 8.88. The lowest BCUT2D eigenvalue weighted by Gasteiger charge is -2.43. The second kappa shape index (κ2) is 11.6. The summed E-state index contributed by atoms with van der Waals surface area (Å²) in [6.45, 7) is 8.33. The molecule has 0 saturated carbocycles. The van der Waals surface area contributed by atoms with Crippen LogP contribution < -0.4 is 10.4 Å². The molecule has 0 fully saturated rings. The van der Waals surface area contributed by atoms with Gasteiger partial charge in [-0.15, -0.1) is 0 Å². The minimum Gasteiger partial charge on any atom is -0.407 e. The Kier molecular flexibility index (Phi) is 8.82. The first-order chi connectivity index (χ1) is 15.4. The molecule has 0 amide bonds. The van der Waals surface area contributed by atoms with Gasteiger partial charge in [-0.05, 0) is 33.8 Å². The van der Waals surface area contributed by atoms with Crippen molar-refractivity contribution in [2.45, 2.75) is 51.4 Å². The lowest BCUT2D eigenvalue weighted by Crippen LogP contribution is -2.66. The van der Waals surface area contributed by atoms with Crippen molar-refractivity contribution in [1.82, 2.24) is 0 Å². The molecular weight excluding hydrogens is 412 g/mol. The highest BCUT2D eigenvalue weighted by molar-refractivity contribution is 6.99. The van der Waals surface area contributed by atoms with Crippen molar-refractivity contribution >= 4 is 18.7 Å². The Morgan fingerprint density at radius 2 is 1.28 bits per heavy atom. The Balaban J connectivity index is 1.62. The van der Waals surface area contributed by atoms with Crippen LogP contribution in [0.1, 0.15) is 39.2 Å². The molecular formula is C28H36O3Si. The average molecular weight is 449 g/mol. The van der Waals surface area contributed by atoms with Gasteiger partial charge in [0.2, 0.25) is 0 Å². The lowest BCUT2D eigenvalue weighted by atomic mass is 10.2. The zero-order chi connectivity index (χ0) is 22.9. The second-order valence-corrected chi connectivity index (χ2v) is 13.6. The summed E-state index contributed by atoms with van der Waals surface area (Å²) < 4.78 is 12.6. The Hall–Kier alpha value is -2.24. The van der Waals surface area contributed by atoms with Crippen molar-refractivity contribution < 1.29 is 14.3 Å². The molecule has 0 aliphatic rings. The first-order valence-electron chi connectivity index (χ1n) is 11.5. The fraction of sp³-hybridized carbons (Fsp3) is 0.357. The number of ether oxygens (including phenoxy) is 1. The van der Waals surface area contributed by atoms with E-state index in [0.717, 1.165) is 12.0 Å². The minimum absolute atomic E-state index is 0.0346. The summed E-state index contributed by atoms with van der Waals surface area (Å²) in [6.07, 6.45) is 0.967. The van der Waals surface area contributed by atoms with Gasteiger partial charge in [-0.1, -0.05) is 112 Å². The first-order valence-corrected chi connectivity index (χ1v) is 13.4. The third-order valence-corrected chi connectivity index (χ3v) is 10.9. The number of aliphatic hydroxyl groups excluding tert-OH is 1. The smallest absolute Gasteiger partial charge is 0.261 e. The Bertz CT molecular complexity index is 868. The van der Waals surface area contributed by atoms with Gasteiger partial charge in [0.25, 0.3) is 8.32 Å². The van der Waals surface area contributed by atoms with Gasteiger partial charge in [0, 0.05) is 6.61 Å². The SMILES string of the molecule is CC(C)(C)[Si](OCCC[C@H](O)COCc1ccccc1)(c1ccccc1)c1ccccc1. The van der Waals surface area contributed by atoms with Gasteiger partial charge in [0.1, 0.15) is 0 Å². The van der Waals surface area contributed by atoms with Crippen molar-refractivity contribution in [2.24, 2.45) is 0 Å². The van der Waals surface area contributed by atoms with Crippen LogP contribution in [0.15, 0.2) is 91.0 Å². The number of benzene rings is 3. The van der Waals surface area contributed by atoms with E-state index in [1.54, 1.807) is 0 Å². The highest BCUT2D eigenvalue weighted by atomic mass is 28.4. The third-order valence-electron chi connectivity index (χ3n) is 5.84.